The van der Waals surface area contributed by atoms with Gasteiger partial charge in [0, 0.05) is 25.3 Å². The smallest absolute Gasteiger partial charge is 0.223 e. The van der Waals surface area contributed by atoms with Crippen molar-refractivity contribution in [2.24, 2.45) is 11.7 Å². The normalized spacial score (nSPS) is 22.3. The highest BCUT2D eigenvalue weighted by Crippen LogP contribution is 2.15. The minimum atomic E-state index is 0.297. The highest BCUT2D eigenvalue weighted by molar-refractivity contribution is 7.98. The van der Waals surface area contributed by atoms with E-state index in [1.54, 1.807) is 11.8 Å². The van der Waals surface area contributed by atoms with Crippen molar-refractivity contribution in [2.45, 2.75) is 12.8 Å². The summed E-state index contributed by atoms with van der Waals surface area (Å²) >= 11 is 1.72. The molecule has 1 aliphatic rings. The fraction of sp³-hybridized carbons (Fsp3) is 0.889. The van der Waals surface area contributed by atoms with Crippen LogP contribution in [0.15, 0.2) is 0 Å². The van der Waals surface area contributed by atoms with Crippen molar-refractivity contribution < 1.29 is 4.79 Å². The predicted molar refractivity (Wildman–Crippen MR) is 56.7 cm³/mol. The molecule has 1 saturated heterocycles. The van der Waals surface area contributed by atoms with Crippen molar-refractivity contribution in [1.82, 2.24) is 4.90 Å². The van der Waals surface area contributed by atoms with E-state index >= 15 is 0 Å². The van der Waals surface area contributed by atoms with Gasteiger partial charge >= 0.3 is 0 Å². The molecule has 1 heterocycles. The van der Waals surface area contributed by atoms with Crippen LogP contribution in [0.4, 0.5) is 0 Å². The second-order valence-electron chi connectivity index (χ2n) is 3.47. The summed E-state index contributed by atoms with van der Waals surface area (Å²) in [4.78, 5) is 13.5. The van der Waals surface area contributed by atoms with E-state index in [1.165, 1.54) is 0 Å². The van der Waals surface area contributed by atoms with Crippen LogP contribution >= 0.6 is 11.8 Å². The van der Waals surface area contributed by atoms with Crippen LogP contribution in [-0.4, -0.2) is 42.4 Å². The predicted octanol–water partition coefficient (Wildman–Crippen LogP) is 0.547. The summed E-state index contributed by atoms with van der Waals surface area (Å²) in [6, 6.07) is 0. The summed E-state index contributed by atoms with van der Waals surface area (Å²) in [5, 5.41) is 0. The maximum Gasteiger partial charge on any atom is 0.223 e. The molecule has 76 valence electrons. The highest BCUT2D eigenvalue weighted by Gasteiger charge is 2.24. The lowest BCUT2D eigenvalue weighted by Crippen LogP contribution is -2.29. The lowest BCUT2D eigenvalue weighted by molar-refractivity contribution is -0.129. The number of nitrogens with zero attached hydrogens (tertiary/aromatic N) is 1. The molecule has 0 aromatic heterocycles. The molecule has 1 rings (SSSR count). The van der Waals surface area contributed by atoms with Crippen LogP contribution in [0.3, 0.4) is 0 Å². The first-order valence-electron chi connectivity index (χ1n) is 4.74. The molecule has 0 aliphatic carbocycles. The van der Waals surface area contributed by atoms with Crippen LogP contribution < -0.4 is 5.73 Å². The van der Waals surface area contributed by atoms with E-state index in [4.69, 9.17) is 5.73 Å². The first-order chi connectivity index (χ1) is 6.27. The summed E-state index contributed by atoms with van der Waals surface area (Å²) in [6.07, 6.45) is 3.79. The van der Waals surface area contributed by atoms with Gasteiger partial charge in [-0.2, -0.15) is 11.8 Å². The van der Waals surface area contributed by atoms with E-state index in [0.29, 0.717) is 24.8 Å². The molecule has 0 spiro atoms. The largest absolute Gasteiger partial charge is 0.342 e. The zero-order valence-electron chi connectivity index (χ0n) is 8.16. The van der Waals surface area contributed by atoms with Gasteiger partial charge in [0.2, 0.25) is 5.91 Å². The summed E-state index contributed by atoms with van der Waals surface area (Å²) in [6.45, 7) is 2.51. The molecule has 0 bridgehead atoms. The Morgan fingerprint density at radius 2 is 2.46 bits per heavy atom. The highest BCUT2D eigenvalue weighted by atomic mass is 32.2. The Hall–Kier alpha value is -0.220. The zero-order chi connectivity index (χ0) is 9.68. The zero-order valence-corrected chi connectivity index (χ0v) is 8.98. The van der Waals surface area contributed by atoms with Crippen LogP contribution in [0.25, 0.3) is 0 Å². The molecular formula is C9H18N2OS. The fourth-order valence-corrected chi connectivity index (χ4v) is 1.98. The van der Waals surface area contributed by atoms with E-state index in [2.05, 4.69) is 0 Å². The Morgan fingerprint density at radius 3 is 3.00 bits per heavy atom. The second kappa shape index (κ2) is 5.50. The average molecular weight is 202 g/mol. The molecule has 13 heavy (non-hydrogen) atoms. The molecule has 1 fully saturated rings. The second-order valence-corrected chi connectivity index (χ2v) is 4.46. The molecule has 3 nitrogen and oxygen atoms in total. The minimum absolute atomic E-state index is 0.297. The number of thioether (sulfide) groups is 1. The van der Waals surface area contributed by atoms with E-state index in [0.717, 1.165) is 25.3 Å². The van der Waals surface area contributed by atoms with Crippen LogP contribution in [0.5, 0.6) is 0 Å². The quantitative estimate of drug-likeness (QED) is 0.724. The number of carbonyl (C=O) groups is 1. The monoisotopic (exact) mass is 202 g/mol. The number of hydrogen-bond donors (Lipinski definition) is 1. The van der Waals surface area contributed by atoms with Gasteiger partial charge in [-0.3, -0.25) is 4.79 Å². The topological polar surface area (TPSA) is 46.3 Å². The summed E-state index contributed by atoms with van der Waals surface area (Å²) in [5.74, 6) is 1.77. The maximum absolute atomic E-state index is 11.5. The van der Waals surface area contributed by atoms with Crippen molar-refractivity contribution in [3.8, 4) is 0 Å². The van der Waals surface area contributed by atoms with Gasteiger partial charge in [-0.1, -0.05) is 0 Å². The van der Waals surface area contributed by atoms with Crippen molar-refractivity contribution in [3.63, 3.8) is 0 Å². The average Bonchev–Trinajstić information content (AvgIpc) is 2.62. The molecule has 1 amide bonds. The molecular weight excluding hydrogens is 184 g/mol. The van der Waals surface area contributed by atoms with E-state index in [1.807, 2.05) is 11.2 Å². The Balaban J connectivity index is 2.25. The first kappa shape index (κ1) is 10.9. The van der Waals surface area contributed by atoms with Gasteiger partial charge < -0.3 is 10.6 Å². The Labute approximate surface area is 84.0 Å². The molecule has 4 heteroatoms. The van der Waals surface area contributed by atoms with Crippen LogP contribution in [0.2, 0.25) is 0 Å². The van der Waals surface area contributed by atoms with Gasteiger partial charge in [0.25, 0.3) is 0 Å². The molecule has 0 aromatic carbocycles. The maximum atomic E-state index is 11.5. The van der Waals surface area contributed by atoms with Gasteiger partial charge in [0.05, 0.1) is 0 Å². The number of hydrogen-bond acceptors (Lipinski definition) is 3. The summed E-state index contributed by atoms with van der Waals surface area (Å²) < 4.78 is 0. The van der Waals surface area contributed by atoms with Crippen molar-refractivity contribution in [3.05, 3.63) is 0 Å². The number of nitrogens with two attached hydrogens (primary N) is 1. The van der Waals surface area contributed by atoms with E-state index < -0.39 is 0 Å². The first-order valence-corrected chi connectivity index (χ1v) is 6.14. The molecule has 0 aromatic rings. The standard InChI is InChI=1S/C9H18N2OS/c1-13-5-3-9(12)11-4-2-8(6-10)7-11/h8H,2-7,10H2,1H3. The van der Waals surface area contributed by atoms with E-state index in [-0.39, 0.29) is 0 Å². The van der Waals surface area contributed by atoms with E-state index in [9.17, 15) is 4.79 Å². The minimum Gasteiger partial charge on any atom is -0.342 e. The Morgan fingerprint density at radius 1 is 1.69 bits per heavy atom. The molecule has 1 aliphatic heterocycles. The summed E-state index contributed by atoms with van der Waals surface area (Å²) in [5.41, 5.74) is 5.55. The number of rotatable bonds is 4. The van der Waals surface area contributed by atoms with Gasteiger partial charge in [-0.25, -0.2) is 0 Å². The van der Waals surface area contributed by atoms with Gasteiger partial charge in [0.1, 0.15) is 0 Å². The third kappa shape index (κ3) is 3.19. The number of carbonyl (C=O) groups excluding carboxylic acids is 1. The molecule has 0 saturated carbocycles. The van der Waals surface area contributed by atoms with Gasteiger partial charge in [-0.15, -0.1) is 0 Å². The molecule has 0 radical (unpaired) electrons. The SMILES string of the molecule is CSCCC(=O)N1CCC(CN)C1. The van der Waals surface area contributed by atoms with Gasteiger partial charge in [0.15, 0.2) is 0 Å². The molecule has 1 atom stereocenters. The summed E-state index contributed by atoms with van der Waals surface area (Å²) in [7, 11) is 0. The van der Waals surface area contributed by atoms with Crippen molar-refractivity contribution in [1.29, 1.82) is 0 Å². The molecule has 1 unspecified atom stereocenters. The van der Waals surface area contributed by atoms with Crippen LogP contribution in [0.1, 0.15) is 12.8 Å². The Bertz CT molecular complexity index is 175. The lowest BCUT2D eigenvalue weighted by atomic mass is 10.1. The van der Waals surface area contributed by atoms with Crippen molar-refractivity contribution in [2.75, 3.05) is 31.6 Å². The lowest BCUT2D eigenvalue weighted by Gasteiger charge is -2.15. The van der Waals surface area contributed by atoms with Crippen molar-refractivity contribution >= 4 is 17.7 Å². The van der Waals surface area contributed by atoms with Crippen LogP contribution in [-0.2, 0) is 4.79 Å². The fourth-order valence-electron chi connectivity index (χ4n) is 1.60. The number of likely N-dealkylation sites (tertiary alicyclic amines) is 1. The van der Waals surface area contributed by atoms with Gasteiger partial charge in [-0.05, 0) is 25.1 Å². The third-order valence-electron chi connectivity index (χ3n) is 2.49. The Kier molecular flexibility index (Phi) is 4.59. The third-order valence-corrected chi connectivity index (χ3v) is 3.10. The molecule has 2 N–H and O–H groups in total. The number of amides is 1. The van der Waals surface area contributed by atoms with Crippen LogP contribution in [0, 0.1) is 5.92 Å².